The highest BCUT2D eigenvalue weighted by Gasteiger charge is 2.22. The van der Waals surface area contributed by atoms with Crippen LogP contribution in [0.5, 0.6) is 0 Å². The van der Waals surface area contributed by atoms with Crippen LogP contribution in [0.1, 0.15) is 6.42 Å². The zero-order valence-corrected chi connectivity index (χ0v) is 6.76. The van der Waals surface area contributed by atoms with Crippen LogP contribution in [0.15, 0.2) is 0 Å². The maximum Gasteiger partial charge on any atom is 0.373 e. The molecule has 5 heteroatoms. The SMILES string of the molecule is CSC(CC=O)C(=O)C(=O)O. The second-order valence-corrected chi connectivity index (χ2v) is 2.84. The summed E-state index contributed by atoms with van der Waals surface area (Å²) in [7, 11) is 0. The van der Waals surface area contributed by atoms with Gasteiger partial charge in [0.15, 0.2) is 0 Å². The molecule has 1 atom stereocenters. The van der Waals surface area contributed by atoms with Gasteiger partial charge >= 0.3 is 5.97 Å². The summed E-state index contributed by atoms with van der Waals surface area (Å²) in [5.41, 5.74) is 0. The van der Waals surface area contributed by atoms with E-state index >= 15 is 0 Å². The van der Waals surface area contributed by atoms with Gasteiger partial charge in [0.05, 0.1) is 5.25 Å². The summed E-state index contributed by atoms with van der Waals surface area (Å²) in [5, 5.41) is 7.50. The minimum Gasteiger partial charge on any atom is -0.475 e. The van der Waals surface area contributed by atoms with E-state index in [9.17, 15) is 14.4 Å². The zero-order valence-electron chi connectivity index (χ0n) is 5.94. The van der Waals surface area contributed by atoms with Gasteiger partial charge in [0.25, 0.3) is 5.78 Å². The van der Waals surface area contributed by atoms with Crippen molar-refractivity contribution in [2.45, 2.75) is 11.7 Å². The molecule has 4 nitrogen and oxygen atoms in total. The van der Waals surface area contributed by atoms with E-state index in [4.69, 9.17) is 5.11 Å². The summed E-state index contributed by atoms with van der Waals surface area (Å²) in [4.78, 5) is 30.7. The lowest BCUT2D eigenvalue weighted by Gasteiger charge is -2.04. The number of thioether (sulfide) groups is 1. The highest BCUT2D eigenvalue weighted by Crippen LogP contribution is 2.10. The fourth-order valence-corrected chi connectivity index (χ4v) is 1.12. The van der Waals surface area contributed by atoms with Crippen molar-refractivity contribution in [1.29, 1.82) is 0 Å². The molecule has 0 radical (unpaired) electrons. The summed E-state index contributed by atoms with van der Waals surface area (Å²) in [6.07, 6.45) is 2.10. The molecule has 0 bridgehead atoms. The van der Waals surface area contributed by atoms with Gasteiger partial charge in [-0.1, -0.05) is 0 Å². The summed E-state index contributed by atoms with van der Waals surface area (Å²) in [5.74, 6) is -2.39. The summed E-state index contributed by atoms with van der Waals surface area (Å²) >= 11 is 1.07. The van der Waals surface area contributed by atoms with Gasteiger partial charge in [0, 0.05) is 6.42 Å². The van der Waals surface area contributed by atoms with E-state index in [0.29, 0.717) is 6.29 Å². The molecule has 0 aromatic carbocycles. The molecule has 62 valence electrons. The number of aldehydes is 1. The maximum absolute atomic E-state index is 10.7. The quantitative estimate of drug-likeness (QED) is 0.470. The minimum atomic E-state index is -1.48. The highest BCUT2D eigenvalue weighted by atomic mass is 32.2. The van der Waals surface area contributed by atoms with Crippen molar-refractivity contribution in [3.63, 3.8) is 0 Å². The van der Waals surface area contributed by atoms with Crippen molar-refractivity contribution in [2.75, 3.05) is 6.26 Å². The van der Waals surface area contributed by atoms with E-state index < -0.39 is 17.0 Å². The zero-order chi connectivity index (χ0) is 8.85. The second kappa shape index (κ2) is 4.90. The van der Waals surface area contributed by atoms with E-state index in [1.165, 1.54) is 0 Å². The average molecular weight is 176 g/mol. The van der Waals surface area contributed by atoms with Crippen molar-refractivity contribution >= 4 is 29.8 Å². The van der Waals surface area contributed by atoms with Gasteiger partial charge in [-0.05, 0) is 6.26 Å². The van der Waals surface area contributed by atoms with Crippen LogP contribution in [0.4, 0.5) is 0 Å². The van der Waals surface area contributed by atoms with Gasteiger partial charge < -0.3 is 9.90 Å². The number of carboxylic acid groups (broad SMARTS) is 1. The Morgan fingerprint density at radius 2 is 2.18 bits per heavy atom. The first-order chi connectivity index (χ1) is 5.13. The number of ketones is 1. The van der Waals surface area contributed by atoms with Gasteiger partial charge in [-0.3, -0.25) is 4.79 Å². The molecule has 0 aromatic rings. The van der Waals surface area contributed by atoms with E-state index in [-0.39, 0.29) is 6.42 Å². The summed E-state index contributed by atoms with van der Waals surface area (Å²) < 4.78 is 0. The number of carbonyl (C=O) groups excluding carboxylic acids is 2. The molecule has 1 unspecified atom stereocenters. The number of carbonyl (C=O) groups is 3. The Hall–Kier alpha value is -0.840. The fraction of sp³-hybridized carbons (Fsp3) is 0.500. The maximum atomic E-state index is 10.7. The van der Waals surface area contributed by atoms with Crippen LogP contribution in [0.25, 0.3) is 0 Å². The highest BCUT2D eigenvalue weighted by molar-refractivity contribution is 8.00. The molecular weight excluding hydrogens is 168 g/mol. The van der Waals surface area contributed by atoms with Crippen LogP contribution >= 0.6 is 11.8 Å². The molecule has 0 fully saturated rings. The first-order valence-electron chi connectivity index (χ1n) is 2.87. The monoisotopic (exact) mass is 176 g/mol. The van der Waals surface area contributed by atoms with Crippen LogP contribution in [-0.4, -0.2) is 34.7 Å². The summed E-state index contributed by atoms with van der Waals surface area (Å²) in [6, 6.07) is 0. The molecule has 1 N–H and O–H groups in total. The topological polar surface area (TPSA) is 71.4 Å². The van der Waals surface area contributed by atoms with E-state index in [1.54, 1.807) is 6.26 Å². The van der Waals surface area contributed by atoms with Gasteiger partial charge in [0.2, 0.25) is 0 Å². The smallest absolute Gasteiger partial charge is 0.373 e. The molecule has 0 rings (SSSR count). The Morgan fingerprint density at radius 3 is 2.45 bits per heavy atom. The van der Waals surface area contributed by atoms with Crippen molar-refractivity contribution in [1.82, 2.24) is 0 Å². The normalized spacial score (nSPS) is 12.1. The van der Waals surface area contributed by atoms with Crippen molar-refractivity contribution in [2.24, 2.45) is 0 Å². The Kier molecular flexibility index (Phi) is 4.52. The summed E-state index contributed by atoms with van der Waals surface area (Å²) in [6.45, 7) is 0. The third-order valence-electron chi connectivity index (χ3n) is 1.10. The Morgan fingerprint density at radius 1 is 1.64 bits per heavy atom. The first kappa shape index (κ1) is 10.2. The molecule has 0 amide bonds. The average Bonchev–Trinajstić information content (AvgIpc) is 1.98. The Bertz CT molecular complexity index is 177. The van der Waals surface area contributed by atoms with Crippen molar-refractivity contribution < 1.29 is 19.5 Å². The third-order valence-corrected chi connectivity index (χ3v) is 2.07. The Labute approximate surface area is 68.0 Å². The van der Waals surface area contributed by atoms with Crippen LogP contribution in [0, 0.1) is 0 Å². The molecule has 11 heavy (non-hydrogen) atoms. The van der Waals surface area contributed by atoms with Crippen LogP contribution in [0.3, 0.4) is 0 Å². The fourth-order valence-electron chi connectivity index (χ4n) is 0.535. The van der Waals surface area contributed by atoms with Gasteiger partial charge in [-0.2, -0.15) is 11.8 Å². The lowest BCUT2D eigenvalue weighted by molar-refractivity contribution is -0.148. The van der Waals surface area contributed by atoms with Crippen LogP contribution in [-0.2, 0) is 14.4 Å². The molecule has 0 aliphatic heterocycles. The van der Waals surface area contributed by atoms with Gasteiger partial charge in [0.1, 0.15) is 6.29 Å². The third kappa shape index (κ3) is 3.18. The number of hydrogen-bond acceptors (Lipinski definition) is 4. The number of rotatable bonds is 5. The van der Waals surface area contributed by atoms with E-state index in [0.717, 1.165) is 11.8 Å². The van der Waals surface area contributed by atoms with E-state index in [2.05, 4.69) is 0 Å². The standard InChI is InChI=1S/C6H8O4S/c1-11-4(2-3-7)5(8)6(9)10/h3-4H,2H2,1H3,(H,9,10). The molecule has 0 spiro atoms. The molecule has 0 heterocycles. The lowest BCUT2D eigenvalue weighted by Crippen LogP contribution is -2.25. The molecular formula is C6H8O4S. The van der Waals surface area contributed by atoms with Crippen LogP contribution < -0.4 is 0 Å². The second-order valence-electron chi connectivity index (χ2n) is 1.80. The molecule has 0 saturated heterocycles. The predicted octanol–water partition coefficient (Wildman–Crippen LogP) is -0.0393. The van der Waals surface area contributed by atoms with Crippen molar-refractivity contribution in [3.05, 3.63) is 0 Å². The van der Waals surface area contributed by atoms with Gasteiger partial charge in [-0.25, -0.2) is 4.79 Å². The lowest BCUT2D eigenvalue weighted by atomic mass is 10.2. The predicted molar refractivity (Wildman–Crippen MR) is 40.6 cm³/mol. The van der Waals surface area contributed by atoms with Crippen molar-refractivity contribution in [3.8, 4) is 0 Å². The number of Topliss-reactive ketones (excluding diaryl/α,β-unsaturated/α-hetero) is 1. The van der Waals surface area contributed by atoms with Crippen LogP contribution in [0.2, 0.25) is 0 Å². The Balaban J connectivity index is 4.13. The number of hydrogen-bond donors (Lipinski definition) is 1. The molecule has 0 saturated carbocycles. The molecule has 0 aliphatic rings. The molecule has 0 aromatic heterocycles. The number of carboxylic acids is 1. The first-order valence-corrected chi connectivity index (χ1v) is 4.15. The molecule has 0 aliphatic carbocycles. The van der Waals surface area contributed by atoms with Gasteiger partial charge in [-0.15, -0.1) is 0 Å². The minimum absolute atomic E-state index is 0.0354. The number of aliphatic carboxylic acids is 1. The largest absolute Gasteiger partial charge is 0.475 e. The van der Waals surface area contributed by atoms with E-state index in [1.807, 2.05) is 0 Å².